The van der Waals surface area contributed by atoms with Gasteiger partial charge in [0.1, 0.15) is 5.69 Å². The molecular weight excluding hydrogens is 308 g/mol. The number of hydrogen-bond acceptors (Lipinski definition) is 5. The molecular formula is C17H16N4O3. The van der Waals surface area contributed by atoms with Crippen molar-refractivity contribution in [2.45, 2.75) is 13.8 Å². The Balaban J connectivity index is 1.89. The summed E-state index contributed by atoms with van der Waals surface area (Å²) in [6.45, 7) is 3.72. The SMILES string of the molecule is COC(=O)c1cccc(NC(=O)c2cc(C)n3nc(C)cc3n2)c1. The first-order valence-electron chi connectivity index (χ1n) is 7.31. The number of carbonyl (C=O) groups is 2. The summed E-state index contributed by atoms with van der Waals surface area (Å²) in [5, 5.41) is 7.05. The van der Waals surface area contributed by atoms with Gasteiger partial charge < -0.3 is 10.1 Å². The molecule has 0 fully saturated rings. The third-order valence-corrected chi connectivity index (χ3v) is 3.50. The van der Waals surface area contributed by atoms with Crippen LogP contribution >= 0.6 is 0 Å². The second-order valence-electron chi connectivity index (χ2n) is 5.36. The molecule has 0 aliphatic carbocycles. The van der Waals surface area contributed by atoms with Gasteiger partial charge in [0.05, 0.1) is 18.4 Å². The molecule has 1 N–H and O–H groups in total. The Kier molecular flexibility index (Phi) is 3.99. The molecule has 7 heteroatoms. The van der Waals surface area contributed by atoms with Gasteiger partial charge in [-0.1, -0.05) is 6.07 Å². The van der Waals surface area contributed by atoms with Crippen LogP contribution in [0.15, 0.2) is 36.4 Å². The summed E-state index contributed by atoms with van der Waals surface area (Å²) in [5.41, 5.74) is 3.38. The zero-order valence-electron chi connectivity index (χ0n) is 13.5. The van der Waals surface area contributed by atoms with Gasteiger partial charge in [-0.2, -0.15) is 5.10 Å². The lowest BCUT2D eigenvalue weighted by molar-refractivity contribution is 0.0600. The molecule has 1 aromatic carbocycles. The maximum Gasteiger partial charge on any atom is 0.337 e. The number of nitrogens with zero attached hydrogens (tertiary/aromatic N) is 3. The number of carbonyl (C=O) groups excluding carboxylic acids is 2. The van der Waals surface area contributed by atoms with Gasteiger partial charge in [0.2, 0.25) is 0 Å². The number of methoxy groups -OCH3 is 1. The van der Waals surface area contributed by atoms with E-state index in [1.54, 1.807) is 34.8 Å². The number of benzene rings is 1. The highest BCUT2D eigenvalue weighted by Gasteiger charge is 2.13. The molecule has 7 nitrogen and oxygen atoms in total. The predicted molar refractivity (Wildman–Crippen MR) is 88.2 cm³/mol. The minimum atomic E-state index is -0.462. The normalized spacial score (nSPS) is 10.6. The third kappa shape index (κ3) is 2.96. The summed E-state index contributed by atoms with van der Waals surface area (Å²) in [6, 6.07) is 10.0. The van der Waals surface area contributed by atoms with Gasteiger partial charge in [0.25, 0.3) is 5.91 Å². The van der Waals surface area contributed by atoms with E-state index in [-0.39, 0.29) is 11.6 Å². The lowest BCUT2D eigenvalue weighted by Crippen LogP contribution is -2.15. The Labute approximate surface area is 138 Å². The average Bonchev–Trinajstić information content (AvgIpc) is 2.95. The summed E-state index contributed by atoms with van der Waals surface area (Å²) in [6.07, 6.45) is 0. The van der Waals surface area contributed by atoms with Crippen molar-refractivity contribution in [3.05, 3.63) is 59.0 Å². The molecule has 3 aromatic rings. The third-order valence-electron chi connectivity index (χ3n) is 3.50. The minimum Gasteiger partial charge on any atom is -0.465 e. The van der Waals surface area contributed by atoms with Crippen LogP contribution in [0.1, 0.15) is 32.2 Å². The Morgan fingerprint density at radius 1 is 1.17 bits per heavy atom. The fourth-order valence-electron chi connectivity index (χ4n) is 2.39. The molecule has 1 amide bonds. The zero-order chi connectivity index (χ0) is 17.3. The number of aromatic nitrogens is 3. The van der Waals surface area contributed by atoms with Gasteiger partial charge in [-0.05, 0) is 38.1 Å². The van der Waals surface area contributed by atoms with Crippen molar-refractivity contribution in [3.8, 4) is 0 Å². The van der Waals surface area contributed by atoms with E-state index in [1.165, 1.54) is 7.11 Å². The topological polar surface area (TPSA) is 85.6 Å². The number of ether oxygens (including phenoxy) is 1. The first kappa shape index (κ1) is 15.7. The highest BCUT2D eigenvalue weighted by Crippen LogP contribution is 2.14. The van der Waals surface area contributed by atoms with Gasteiger partial charge >= 0.3 is 5.97 Å². The standard InChI is InChI=1S/C17H16N4O3/c1-10-7-15-19-14(8-11(2)21(15)20-10)16(22)18-13-6-4-5-12(9-13)17(23)24-3/h4-9H,1-3H3,(H,18,22). The molecule has 0 aliphatic heterocycles. The summed E-state index contributed by atoms with van der Waals surface area (Å²) in [5.74, 6) is -0.822. The second kappa shape index (κ2) is 6.11. The zero-order valence-corrected chi connectivity index (χ0v) is 13.5. The van der Waals surface area contributed by atoms with Crippen molar-refractivity contribution in [2.24, 2.45) is 0 Å². The second-order valence-corrected chi connectivity index (χ2v) is 5.36. The lowest BCUT2D eigenvalue weighted by Gasteiger charge is -2.07. The Morgan fingerprint density at radius 3 is 2.71 bits per heavy atom. The molecule has 3 rings (SSSR count). The van der Waals surface area contributed by atoms with Crippen LogP contribution in [-0.2, 0) is 4.74 Å². The monoisotopic (exact) mass is 324 g/mol. The number of hydrogen-bond donors (Lipinski definition) is 1. The molecule has 122 valence electrons. The van der Waals surface area contributed by atoms with Gasteiger partial charge in [0.15, 0.2) is 5.65 Å². The fraction of sp³-hybridized carbons (Fsp3) is 0.176. The summed E-state index contributed by atoms with van der Waals surface area (Å²) >= 11 is 0. The van der Waals surface area contributed by atoms with Crippen molar-refractivity contribution < 1.29 is 14.3 Å². The van der Waals surface area contributed by atoms with E-state index in [0.29, 0.717) is 16.9 Å². The number of rotatable bonds is 3. The van der Waals surface area contributed by atoms with Crippen molar-refractivity contribution in [1.82, 2.24) is 14.6 Å². The van der Waals surface area contributed by atoms with E-state index in [2.05, 4.69) is 20.1 Å². The van der Waals surface area contributed by atoms with Gasteiger partial charge in [-0.15, -0.1) is 0 Å². The van der Waals surface area contributed by atoms with Crippen LogP contribution in [0.2, 0.25) is 0 Å². The van der Waals surface area contributed by atoms with Crippen LogP contribution in [0.3, 0.4) is 0 Å². The van der Waals surface area contributed by atoms with Crippen LogP contribution in [0.25, 0.3) is 5.65 Å². The molecule has 2 heterocycles. The maximum absolute atomic E-state index is 12.4. The smallest absolute Gasteiger partial charge is 0.337 e. The van der Waals surface area contributed by atoms with Gasteiger partial charge in [0, 0.05) is 17.4 Å². The van der Waals surface area contributed by atoms with E-state index in [4.69, 9.17) is 0 Å². The summed E-state index contributed by atoms with van der Waals surface area (Å²) in [4.78, 5) is 28.3. The van der Waals surface area contributed by atoms with Crippen molar-refractivity contribution in [3.63, 3.8) is 0 Å². The predicted octanol–water partition coefficient (Wildman–Crippen LogP) is 2.39. The van der Waals surface area contributed by atoms with Crippen LogP contribution in [0.5, 0.6) is 0 Å². The molecule has 0 spiro atoms. The largest absolute Gasteiger partial charge is 0.465 e. The number of nitrogens with one attached hydrogen (secondary N) is 1. The Bertz CT molecular complexity index is 946. The van der Waals surface area contributed by atoms with E-state index in [1.807, 2.05) is 19.9 Å². The number of aryl methyl sites for hydroxylation is 2. The van der Waals surface area contributed by atoms with Crippen molar-refractivity contribution in [1.29, 1.82) is 0 Å². The van der Waals surface area contributed by atoms with Gasteiger partial charge in [-0.25, -0.2) is 14.3 Å². The fourth-order valence-corrected chi connectivity index (χ4v) is 2.39. The van der Waals surface area contributed by atoms with E-state index in [9.17, 15) is 9.59 Å². The molecule has 24 heavy (non-hydrogen) atoms. The van der Waals surface area contributed by atoms with Gasteiger partial charge in [-0.3, -0.25) is 4.79 Å². The van der Waals surface area contributed by atoms with E-state index >= 15 is 0 Å². The number of esters is 1. The molecule has 0 atom stereocenters. The van der Waals surface area contributed by atoms with Crippen molar-refractivity contribution in [2.75, 3.05) is 12.4 Å². The maximum atomic E-state index is 12.4. The Morgan fingerprint density at radius 2 is 1.96 bits per heavy atom. The molecule has 0 aliphatic rings. The number of amides is 1. The lowest BCUT2D eigenvalue weighted by atomic mass is 10.2. The number of anilines is 1. The van der Waals surface area contributed by atoms with E-state index < -0.39 is 5.97 Å². The molecule has 2 aromatic heterocycles. The van der Waals surface area contributed by atoms with Crippen LogP contribution in [-0.4, -0.2) is 33.6 Å². The summed E-state index contributed by atoms with van der Waals surface area (Å²) < 4.78 is 6.36. The van der Waals surface area contributed by atoms with Crippen molar-refractivity contribution >= 4 is 23.2 Å². The quantitative estimate of drug-likeness (QED) is 0.748. The molecule has 0 saturated carbocycles. The minimum absolute atomic E-state index is 0.281. The highest BCUT2D eigenvalue weighted by molar-refractivity contribution is 6.03. The first-order valence-corrected chi connectivity index (χ1v) is 7.31. The first-order chi connectivity index (χ1) is 11.5. The average molecular weight is 324 g/mol. The van der Waals surface area contributed by atoms with Crippen LogP contribution < -0.4 is 5.32 Å². The van der Waals surface area contributed by atoms with Crippen LogP contribution in [0.4, 0.5) is 5.69 Å². The summed E-state index contributed by atoms with van der Waals surface area (Å²) in [7, 11) is 1.31. The Hall–Kier alpha value is -3.22. The molecule has 0 radical (unpaired) electrons. The van der Waals surface area contributed by atoms with E-state index in [0.717, 1.165) is 11.4 Å². The highest BCUT2D eigenvalue weighted by atomic mass is 16.5. The van der Waals surface area contributed by atoms with Crippen LogP contribution in [0, 0.1) is 13.8 Å². The molecule has 0 saturated heterocycles. The molecule has 0 unspecified atom stereocenters. The molecule has 0 bridgehead atoms. The number of fused-ring (bicyclic) bond motifs is 1.